The molecule has 39 heavy (non-hydrogen) atoms. The van der Waals surface area contributed by atoms with Crippen LogP contribution in [-0.4, -0.2) is 29.4 Å². The first-order valence-electron chi connectivity index (χ1n) is 12.3. The lowest BCUT2D eigenvalue weighted by Crippen LogP contribution is -2.54. The van der Waals surface area contributed by atoms with Crippen molar-refractivity contribution < 1.29 is 28.8 Å². The second-order valence-corrected chi connectivity index (χ2v) is 9.02. The second kappa shape index (κ2) is 11.6. The number of urea groups is 1. The number of anilines is 1. The normalized spacial score (nSPS) is 14.5. The van der Waals surface area contributed by atoms with Crippen LogP contribution in [0, 0.1) is 10.1 Å². The molecule has 10 heteroatoms. The average Bonchev–Trinajstić information content (AvgIpc) is 2.91. The molecule has 0 saturated carbocycles. The lowest BCUT2D eigenvalue weighted by Gasteiger charge is -2.26. The number of amides is 4. The number of carbonyl (C=O) groups is 3. The Morgan fingerprint density at radius 2 is 1.69 bits per heavy atom. The fraction of sp³-hybridized carbons (Fsp3) is 0.207. The highest BCUT2D eigenvalue weighted by molar-refractivity contribution is 6.39. The summed E-state index contributed by atoms with van der Waals surface area (Å²) in [7, 11) is 0. The summed E-state index contributed by atoms with van der Waals surface area (Å²) in [5, 5.41) is 13.5. The van der Waals surface area contributed by atoms with Gasteiger partial charge in [0.05, 0.1) is 22.8 Å². The predicted molar refractivity (Wildman–Crippen MR) is 145 cm³/mol. The van der Waals surface area contributed by atoms with E-state index in [4.69, 9.17) is 9.47 Å². The topological polar surface area (TPSA) is 128 Å². The molecule has 0 aromatic heterocycles. The first kappa shape index (κ1) is 27.1. The number of para-hydroxylation sites is 1. The van der Waals surface area contributed by atoms with Crippen molar-refractivity contribution in [1.29, 1.82) is 0 Å². The summed E-state index contributed by atoms with van der Waals surface area (Å²) < 4.78 is 11.5. The fourth-order valence-electron chi connectivity index (χ4n) is 4.04. The zero-order chi connectivity index (χ0) is 28.1. The maximum absolute atomic E-state index is 13.3. The van der Waals surface area contributed by atoms with Crippen molar-refractivity contribution in [2.24, 2.45) is 0 Å². The van der Waals surface area contributed by atoms with Gasteiger partial charge in [0.1, 0.15) is 12.2 Å². The molecule has 1 fully saturated rings. The molecular weight excluding hydrogens is 502 g/mol. The van der Waals surface area contributed by atoms with Gasteiger partial charge < -0.3 is 9.47 Å². The van der Waals surface area contributed by atoms with E-state index in [1.54, 1.807) is 55.5 Å². The van der Waals surface area contributed by atoms with Crippen molar-refractivity contribution in [1.82, 2.24) is 5.32 Å². The zero-order valence-corrected chi connectivity index (χ0v) is 21.7. The summed E-state index contributed by atoms with van der Waals surface area (Å²) in [5.41, 5.74) is 1.96. The highest BCUT2D eigenvalue weighted by Crippen LogP contribution is 2.32. The molecule has 0 aliphatic carbocycles. The molecule has 4 rings (SSSR count). The molecular formula is C29H27N3O7. The van der Waals surface area contributed by atoms with Crippen molar-refractivity contribution in [2.45, 2.75) is 33.3 Å². The number of hydrogen-bond donors (Lipinski definition) is 1. The molecule has 0 spiro atoms. The molecule has 1 heterocycles. The Hall–Kier alpha value is -4.99. The fourth-order valence-corrected chi connectivity index (χ4v) is 4.04. The number of imide groups is 2. The number of nitro groups is 1. The van der Waals surface area contributed by atoms with E-state index in [0.717, 1.165) is 10.5 Å². The number of hydrogen-bond acceptors (Lipinski definition) is 7. The molecule has 0 atom stereocenters. The van der Waals surface area contributed by atoms with Crippen molar-refractivity contribution >= 4 is 35.3 Å². The van der Waals surface area contributed by atoms with Crippen LogP contribution in [0.1, 0.15) is 43.4 Å². The zero-order valence-electron chi connectivity index (χ0n) is 21.7. The molecule has 200 valence electrons. The van der Waals surface area contributed by atoms with Gasteiger partial charge in [-0.05, 0) is 60.4 Å². The standard InChI is InChI=1S/C29H27N3O7/c1-4-38-26-16-19(9-14-25(26)39-17-21-7-5-6-8-24(21)32(36)37)15-23-27(33)30-29(35)31(28(23)34)22-12-10-20(11-13-22)18(2)3/h5-16,18H,4,17H2,1-3H3,(H,30,33,35)/b23-15-. The van der Waals surface area contributed by atoms with Gasteiger partial charge in [-0.2, -0.15) is 0 Å². The molecule has 0 radical (unpaired) electrons. The number of benzene rings is 3. The Morgan fingerprint density at radius 1 is 0.974 bits per heavy atom. The molecule has 10 nitrogen and oxygen atoms in total. The third-order valence-electron chi connectivity index (χ3n) is 6.07. The summed E-state index contributed by atoms with van der Waals surface area (Å²) in [5.74, 6) is -0.633. The second-order valence-electron chi connectivity index (χ2n) is 9.02. The van der Waals surface area contributed by atoms with E-state index < -0.39 is 22.8 Å². The van der Waals surface area contributed by atoms with Crippen molar-refractivity contribution in [3.8, 4) is 11.5 Å². The minimum Gasteiger partial charge on any atom is -0.490 e. The summed E-state index contributed by atoms with van der Waals surface area (Å²) in [6, 6.07) is 17.2. The number of nitrogens with zero attached hydrogens (tertiary/aromatic N) is 2. The summed E-state index contributed by atoms with van der Waals surface area (Å²) in [6.45, 7) is 6.08. The molecule has 0 unspecified atom stereocenters. The van der Waals surface area contributed by atoms with Crippen LogP contribution in [0.4, 0.5) is 16.2 Å². The molecule has 4 amide bonds. The molecule has 1 aliphatic heterocycles. The van der Waals surface area contributed by atoms with Crippen molar-refractivity contribution in [3.05, 3.63) is 99.1 Å². The lowest BCUT2D eigenvalue weighted by molar-refractivity contribution is -0.385. The van der Waals surface area contributed by atoms with Crippen LogP contribution in [0.5, 0.6) is 11.5 Å². The van der Waals surface area contributed by atoms with Gasteiger partial charge >= 0.3 is 6.03 Å². The smallest absolute Gasteiger partial charge is 0.335 e. The molecule has 0 bridgehead atoms. The minimum atomic E-state index is -0.826. The molecule has 1 aliphatic rings. The van der Waals surface area contributed by atoms with Crippen LogP contribution in [-0.2, 0) is 16.2 Å². The molecule has 1 saturated heterocycles. The van der Waals surface area contributed by atoms with E-state index in [2.05, 4.69) is 5.32 Å². The largest absolute Gasteiger partial charge is 0.490 e. The molecule has 1 N–H and O–H groups in total. The van der Waals surface area contributed by atoms with Crippen molar-refractivity contribution in [3.63, 3.8) is 0 Å². The van der Waals surface area contributed by atoms with Crippen LogP contribution in [0.25, 0.3) is 6.08 Å². The van der Waals surface area contributed by atoms with Gasteiger partial charge in [-0.15, -0.1) is 0 Å². The van der Waals surface area contributed by atoms with Crippen LogP contribution in [0.15, 0.2) is 72.3 Å². The van der Waals surface area contributed by atoms with Crippen LogP contribution in [0.3, 0.4) is 0 Å². The predicted octanol–water partition coefficient (Wildman–Crippen LogP) is 5.36. The number of carbonyl (C=O) groups excluding carboxylic acids is 3. The third kappa shape index (κ3) is 5.96. The van der Waals surface area contributed by atoms with Gasteiger partial charge in [0.15, 0.2) is 11.5 Å². The van der Waals surface area contributed by atoms with Gasteiger partial charge in [-0.3, -0.25) is 25.0 Å². The van der Waals surface area contributed by atoms with Gasteiger partial charge in [-0.1, -0.05) is 44.2 Å². The van der Waals surface area contributed by atoms with Gasteiger partial charge in [-0.25, -0.2) is 9.69 Å². The monoisotopic (exact) mass is 529 g/mol. The Kier molecular flexibility index (Phi) is 8.04. The Bertz CT molecular complexity index is 1460. The third-order valence-corrected chi connectivity index (χ3v) is 6.07. The quantitative estimate of drug-likeness (QED) is 0.171. The van der Waals surface area contributed by atoms with Crippen molar-refractivity contribution in [2.75, 3.05) is 11.5 Å². The van der Waals surface area contributed by atoms with E-state index in [1.807, 2.05) is 26.0 Å². The van der Waals surface area contributed by atoms with Crippen LogP contribution in [0.2, 0.25) is 0 Å². The Balaban J connectivity index is 1.61. The average molecular weight is 530 g/mol. The number of rotatable bonds is 9. The van der Waals surface area contributed by atoms with E-state index in [-0.39, 0.29) is 23.8 Å². The summed E-state index contributed by atoms with van der Waals surface area (Å²) >= 11 is 0. The summed E-state index contributed by atoms with van der Waals surface area (Å²) in [6.07, 6.45) is 1.37. The highest BCUT2D eigenvalue weighted by Gasteiger charge is 2.36. The van der Waals surface area contributed by atoms with E-state index in [0.29, 0.717) is 34.9 Å². The number of barbiturate groups is 1. The summed E-state index contributed by atoms with van der Waals surface area (Å²) in [4.78, 5) is 50.1. The van der Waals surface area contributed by atoms with Crippen LogP contribution < -0.4 is 19.7 Å². The van der Waals surface area contributed by atoms with E-state index >= 15 is 0 Å². The molecule has 3 aromatic rings. The first-order valence-corrected chi connectivity index (χ1v) is 12.3. The van der Waals surface area contributed by atoms with Crippen LogP contribution >= 0.6 is 0 Å². The van der Waals surface area contributed by atoms with Gasteiger partial charge in [0.25, 0.3) is 17.5 Å². The maximum atomic E-state index is 13.3. The van der Waals surface area contributed by atoms with E-state index in [1.165, 1.54) is 12.1 Å². The Morgan fingerprint density at radius 3 is 2.36 bits per heavy atom. The lowest BCUT2D eigenvalue weighted by atomic mass is 10.0. The number of nitrogens with one attached hydrogen (secondary N) is 1. The SMILES string of the molecule is CCOc1cc(/C=C2/C(=O)NC(=O)N(c3ccc(C(C)C)cc3)C2=O)ccc1OCc1ccccc1[N+](=O)[O-]. The molecule has 3 aromatic carbocycles. The highest BCUT2D eigenvalue weighted by atomic mass is 16.6. The van der Waals surface area contributed by atoms with E-state index in [9.17, 15) is 24.5 Å². The van der Waals surface area contributed by atoms with Gasteiger partial charge in [0, 0.05) is 6.07 Å². The maximum Gasteiger partial charge on any atom is 0.335 e. The first-order chi connectivity index (χ1) is 18.7. The number of nitro benzene ring substituents is 1. The van der Waals surface area contributed by atoms with Gasteiger partial charge in [0.2, 0.25) is 0 Å². The Labute approximate surface area is 225 Å². The number of ether oxygens (including phenoxy) is 2. The minimum absolute atomic E-state index is 0.0587.